The summed E-state index contributed by atoms with van der Waals surface area (Å²) in [6.07, 6.45) is 4.22. The van der Waals surface area contributed by atoms with Gasteiger partial charge in [-0.1, -0.05) is 33.1 Å². The van der Waals surface area contributed by atoms with Crippen molar-refractivity contribution in [2.45, 2.75) is 64.5 Å². The number of primary amides is 1. The van der Waals surface area contributed by atoms with Crippen LogP contribution in [0.25, 0.3) is 0 Å². The summed E-state index contributed by atoms with van der Waals surface area (Å²) >= 11 is 0. The number of carboxylic acid groups (broad SMARTS) is 1. The lowest BCUT2D eigenvalue weighted by atomic mass is 10.1. The highest BCUT2D eigenvalue weighted by Crippen LogP contribution is 2.06. The van der Waals surface area contributed by atoms with Crippen LogP contribution < -0.4 is 16.4 Å². The molecule has 7 nitrogen and oxygen atoms in total. The fourth-order valence-electron chi connectivity index (χ4n) is 1.87. The number of amides is 3. The molecular weight excluding hydrogens is 262 g/mol. The first-order chi connectivity index (χ1) is 9.40. The molecule has 0 rings (SSSR count). The van der Waals surface area contributed by atoms with Gasteiger partial charge in [0.25, 0.3) is 0 Å². The summed E-state index contributed by atoms with van der Waals surface area (Å²) in [6.45, 7) is 4.09. The predicted molar refractivity (Wildman–Crippen MR) is 75.1 cm³/mol. The van der Waals surface area contributed by atoms with E-state index in [-0.39, 0.29) is 6.04 Å². The fourth-order valence-corrected chi connectivity index (χ4v) is 1.87. The van der Waals surface area contributed by atoms with Crippen LogP contribution in [-0.2, 0) is 9.59 Å². The second-order valence-electron chi connectivity index (χ2n) is 4.81. The Balaban J connectivity index is 4.39. The van der Waals surface area contributed by atoms with E-state index in [1.807, 2.05) is 6.92 Å². The van der Waals surface area contributed by atoms with E-state index < -0.39 is 30.4 Å². The third kappa shape index (κ3) is 8.34. The first-order valence-corrected chi connectivity index (χ1v) is 6.98. The van der Waals surface area contributed by atoms with Crippen LogP contribution in [0.15, 0.2) is 0 Å². The molecule has 0 aromatic carbocycles. The Labute approximate surface area is 119 Å². The van der Waals surface area contributed by atoms with Crippen molar-refractivity contribution in [3.63, 3.8) is 0 Å². The predicted octanol–water partition coefficient (Wildman–Crippen LogP) is 0.973. The van der Waals surface area contributed by atoms with Crippen LogP contribution in [0, 0.1) is 0 Å². The minimum atomic E-state index is -1.29. The molecule has 0 aliphatic rings. The second kappa shape index (κ2) is 10.1. The molecule has 0 saturated heterocycles. The first kappa shape index (κ1) is 18.2. The molecule has 7 heteroatoms. The molecular formula is C13H25N3O4. The molecule has 2 atom stereocenters. The SMILES string of the molecule is CCCCC(CCC)NC(=O)NC(CC(N)=O)C(=O)O. The Morgan fingerprint density at radius 2 is 1.75 bits per heavy atom. The van der Waals surface area contributed by atoms with E-state index in [4.69, 9.17) is 10.8 Å². The normalized spacial score (nSPS) is 13.3. The number of nitrogens with one attached hydrogen (secondary N) is 2. The van der Waals surface area contributed by atoms with Crippen LogP contribution >= 0.6 is 0 Å². The molecule has 20 heavy (non-hydrogen) atoms. The number of carbonyl (C=O) groups is 3. The fraction of sp³-hybridized carbons (Fsp3) is 0.769. The number of carboxylic acids is 1. The molecule has 5 N–H and O–H groups in total. The summed E-state index contributed by atoms with van der Waals surface area (Å²) in [5.74, 6) is -2.05. The molecule has 0 heterocycles. The summed E-state index contributed by atoms with van der Waals surface area (Å²) in [6, 6.07) is -1.85. The maximum atomic E-state index is 11.8. The van der Waals surface area contributed by atoms with Gasteiger partial charge in [0.1, 0.15) is 6.04 Å². The van der Waals surface area contributed by atoms with Gasteiger partial charge in [0.15, 0.2) is 0 Å². The molecule has 3 amide bonds. The number of unbranched alkanes of at least 4 members (excludes halogenated alkanes) is 1. The highest BCUT2D eigenvalue weighted by atomic mass is 16.4. The van der Waals surface area contributed by atoms with E-state index in [1.54, 1.807) is 0 Å². The molecule has 0 spiro atoms. The highest BCUT2D eigenvalue weighted by Gasteiger charge is 2.23. The first-order valence-electron chi connectivity index (χ1n) is 6.98. The topological polar surface area (TPSA) is 122 Å². The summed E-state index contributed by atoms with van der Waals surface area (Å²) in [5.41, 5.74) is 4.95. The summed E-state index contributed by atoms with van der Waals surface area (Å²) in [4.78, 5) is 33.4. The van der Waals surface area contributed by atoms with Gasteiger partial charge >= 0.3 is 12.0 Å². The molecule has 0 fully saturated rings. The largest absolute Gasteiger partial charge is 0.480 e. The molecule has 0 aromatic heterocycles. The van der Waals surface area contributed by atoms with E-state index in [9.17, 15) is 14.4 Å². The lowest BCUT2D eigenvalue weighted by Crippen LogP contribution is -2.50. The van der Waals surface area contributed by atoms with Crippen molar-refractivity contribution < 1.29 is 19.5 Å². The van der Waals surface area contributed by atoms with Gasteiger partial charge in [-0.25, -0.2) is 9.59 Å². The van der Waals surface area contributed by atoms with Gasteiger partial charge in [0.05, 0.1) is 6.42 Å². The molecule has 2 unspecified atom stereocenters. The van der Waals surface area contributed by atoms with Gasteiger partial charge in [0.2, 0.25) is 5.91 Å². The Kier molecular flexibility index (Phi) is 9.15. The van der Waals surface area contributed by atoms with Crippen molar-refractivity contribution in [1.82, 2.24) is 10.6 Å². The van der Waals surface area contributed by atoms with Gasteiger partial charge in [-0.3, -0.25) is 4.79 Å². The number of hydrogen-bond acceptors (Lipinski definition) is 3. The minimum Gasteiger partial charge on any atom is -0.480 e. The number of hydrogen-bond donors (Lipinski definition) is 4. The third-order valence-electron chi connectivity index (χ3n) is 2.89. The zero-order valence-electron chi connectivity index (χ0n) is 12.1. The number of nitrogens with two attached hydrogens (primary N) is 1. The Morgan fingerprint density at radius 1 is 1.10 bits per heavy atom. The van der Waals surface area contributed by atoms with Gasteiger partial charge in [-0.15, -0.1) is 0 Å². The number of rotatable bonds is 10. The third-order valence-corrected chi connectivity index (χ3v) is 2.89. The van der Waals surface area contributed by atoms with Crippen molar-refractivity contribution in [3.8, 4) is 0 Å². The quantitative estimate of drug-likeness (QED) is 0.478. The Hall–Kier alpha value is -1.79. The average Bonchev–Trinajstić information content (AvgIpc) is 2.34. The number of carbonyl (C=O) groups excluding carboxylic acids is 2. The molecule has 0 aliphatic carbocycles. The van der Waals surface area contributed by atoms with Gasteiger partial charge in [-0.2, -0.15) is 0 Å². The van der Waals surface area contributed by atoms with E-state index in [0.717, 1.165) is 32.1 Å². The van der Waals surface area contributed by atoms with E-state index in [0.29, 0.717) is 0 Å². The van der Waals surface area contributed by atoms with E-state index >= 15 is 0 Å². The highest BCUT2D eigenvalue weighted by molar-refractivity contribution is 5.87. The molecule has 0 saturated carbocycles. The van der Waals surface area contributed by atoms with Crippen molar-refractivity contribution in [1.29, 1.82) is 0 Å². The van der Waals surface area contributed by atoms with Crippen LogP contribution in [0.4, 0.5) is 4.79 Å². The van der Waals surface area contributed by atoms with Crippen molar-refractivity contribution in [2.75, 3.05) is 0 Å². The minimum absolute atomic E-state index is 0.0166. The zero-order valence-corrected chi connectivity index (χ0v) is 12.1. The number of aliphatic carboxylic acids is 1. The van der Waals surface area contributed by atoms with E-state index in [1.165, 1.54) is 0 Å². The smallest absolute Gasteiger partial charge is 0.326 e. The summed E-state index contributed by atoms with van der Waals surface area (Å²) < 4.78 is 0. The maximum Gasteiger partial charge on any atom is 0.326 e. The lowest BCUT2D eigenvalue weighted by molar-refractivity contribution is -0.140. The van der Waals surface area contributed by atoms with Crippen LogP contribution in [0.1, 0.15) is 52.4 Å². The molecule has 0 aliphatic heterocycles. The zero-order chi connectivity index (χ0) is 15.5. The van der Waals surface area contributed by atoms with Crippen LogP contribution in [0.3, 0.4) is 0 Å². The average molecular weight is 287 g/mol. The van der Waals surface area contributed by atoms with Gasteiger partial charge < -0.3 is 21.5 Å². The summed E-state index contributed by atoms with van der Waals surface area (Å²) in [7, 11) is 0. The second-order valence-corrected chi connectivity index (χ2v) is 4.81. The Bertz CT molecular complexity index is 334. The molecule has 0 aromatic rings. The Morgan fingerprint density at radius 3 is 2.20 bits per heavy atom. The van der Waals surface area contributed by atoms with Crippen molar-refractivity contribution in [3.05, 3.63) is 0 Å². The van der Waals surface area contributed by atoms with Crippen LogP contribution in [0.2, 0.25) is 0 Å². The summed E-state index contributed by atoms with van der Waals surface area (Å²) in [5, 5.41) is 13.9. The monoisotopic (exact) mass is 287 g/mol. The van der Waals surface area contributed by atoms with Gasteiger partial charge in [0, 0.05) is 6.04 Å². The lowest BCUT2D eigenvalue weighted by Gasteiger charge is -2.20. The van der Waals surface area contributed by atoms with Crippen molar-refractivity contribution in [2.24, 2.45) is 5.73 Å². The molecule has 0 radical (unpaired) electrons. The van der Waals surface area contributed by atoms with Crippen LogP contribution in [-0.4, -0.2) is 35.1 Å². The van der Waals surface area contributed by atoms with Crippen molar-refractivity contribution >= 4 is 17.9 Å². The maximum absolute atomic E-state index is 11.8. The number of urea groups is 1. The van der Waals surface area contributed by atoms with Crippen LogP contribution in [0.5, 0.6) is 0 Å². The molecule has 116 valence electrons. The molecule has 0 bridgehead atoms. The van der Waals surface area contributed by atoms with E-state index in [2.05, 4.69) is 17.6 Å². The standard InChI is InChI=1S/C13H25N3O4/c1-3-5-7-9(6-4-2)15-13(20)16-10(12(18)19)8-11(14)17/h9-10H,3-8H2,1-2H3,(H2,14,17)(H,18,19)(H2,15,16,20). The van der Waals surface area contributed by atoms with Gasteiger partial charge in [-0.05, 0) is 12.8 Å².